The van der Waals surface area contributed by atoms with E-state index in [0.717, 1.165) is 30.9 Å². The molecule has 5 nitrogen and oxygen atoms in total. The van der Waals surface area contributed by atoms with Crippen molar-refractivity contribution < 1.29 is 9.53 Å². The Bertz CT molecular complexity index is 489. The molecule has 1 aromatic carbocycles. The third-order valence-corrected chi connectivity index (χ3v) is 3.34. The molecule has 0 aromatic heterocycles. The van der Waals surface area contributed by atoms with Gasteiger partial charge < -0.3 is 15.0 Å². The monoisotopic (exact) mass is 433 g/mol. The summed E-state index contributed by atoms with van der Waals surface area (Å²) < 4.78 is 4.97. The van der Waals surface area contributed by atoms with E-state index in [-0.39, 0.29) is 29.9 Å². The number of guanidine groups is 1. The number of aliphatic imine (C=N–C) groups is 1. The van der Waals surface area contributed by atoms with Crippen molar-refractivity contribution >= 4 is 35.9 Å². The summed E-state index contributed by atoms with van der Waals surface area (Å²) in [5.74, 6) is 0.597. The van der Waals surface area contributed by atoms with E-state index in [1.807, 2.05) is 19.2 Å². The highest BCUT2D eigenvalue weighted by Gasteiger charge is 2.07. The van der Waals surface area contributed by atoms with Gasteiger partial charge in [0, 0.05) is 27.2 Å². The molecule has 6 heteroatoms. The predicted octanol–water partition coefficient (Wildman–Crippen LogP) is 3.29. The van der Waals surface area contributed by atoms with Crippen LogP contribution in [0.25, 0.3) is 0 Å². The zero-order chi connectivity index (χ0) is 16.4. The fourth-order valence-corrected chi connectivity index (χ4v) is 2.04. The second-order valence-electron chi connectivity index (χ2n) is 5.09. The lowest BCUT2D eigenvalue weighted by atomic mass is 10.1. The van der Waals surface area contributed by atoms with Crippen LogP contribution in [0.1, 0.15) is 42.6 Å². The van der Waals surface area contributed by atoms with Gasteiger partial charge in [0.15, 0.2) is 5.96 Å². The van der Waals surface area contributed by atoms with Gasteiger partial charge in [-0.1, -0.05) is 25.5 Å². The summed E-state index contributed by atoms with van der Waals surface area (Å²) in [7, 11) is 3.82. The van der Waals surface area contributed by atoms with Crippen molar-refractivity contribution in [3.8, 4) is 0 Å². The van der Waals surface area contributed by atoms with Crippen molar-refractivity contribution in [1.29, 1.82) is 0 Å². The first-order chi connectivity index (χ1) is 10.6. The number of benzene rings is 1. The van der Waals surface area contributed by atoms with Crippen molar-refractivity contribution in [3.63, 3.8) is 0 Å². The van der Waals surface area contributed by atoms with Crippen LogP contribution in [0, 0.1) is 0 Å². The first-order valence-corrected chi connectivity index (χ1v) is 7.80. The molecule has 1 N–H and O–H groups in total. The topological polar surface area (TPSA) is 53.9 Å². The summed E-state index contributed by atoms with van der Waals surface area (Å²) in [6, 6.07) is 7.44. The van der Waals surface area contributed by atoms with E-state index >= 15 is 0 Å². The van der Waals surface area contributed by atoms with Gasteiger partial charge in [-0.25, -0.2) is 4.79 Å². The van der Waals surface area contributed by atoms with Crippen LogP contribution in [0.4, 0.5) is 0 Å². The van der Waals surface area contributed by atoms with Crippen molar-refractivity contribution in [2.24, 2.45) is 4.99 Å². The minimum atomic E-state index is -0.280. The largest absolute Gasteiger partial charge is 0.462 e. The van der Waals surface area contributed by atoms with Gasteiger partial charge >= 0.3 is 5.97 Å². The molecule has 0 heterocycles. The zero-order valence-corrected chi connectivity index (χ0v) is 16.8. The molecule has 0 fully saturated rings. The molecular weight excluding hydrogens is 405 g/mol. The third-order valence-electron chi connectivity index (χ3n) is 3.34. The van der Waals surface area contributed by atoms with Crippen LogP contribution < -0.4 is 5.32 Å². The first kappa shape index (κ1) is 21.7. The van der Waals surface area contributed by atoms with Gasteiger partial charge in [-0.15, -0.1) is 24.0 Å². The molecule has 0 amide bonds. The lowest BCUT2D eigenvalue weighted by Gasteiger charge is -2.21. The molecule has 0 atom stereocenters. The Hall–Kier alpha value is -1.31. The Morgan fingerprint density at radius 2 is 1.91 bits per heavy atom. The average molecular weight is 433 g/mol. The zero-order valence-electron chi connectivity index (χ0n) is 14.5. The van der Waals surface area contributed by atoms with E-state index in [1.165, 1.54) is 0 Å². The molecule has 0 unspecified atom stereocenters. The van der Waals surface area contributed by atoms with E-state index in [1.54, 1.807) is 26.1 Å². The van der Waals surface area contributed by atoms with E-state index in [0.29, 0.717) is 18.7 Å². The molecule has 0 aliphatic rings. The summed E-state index contributed by atoms with van der Waals surface area (Å²) in [6.07, 6.45) is 2.31. The minimum Gasteiger partial charge on any atom is -0.462 e. The van der Waals surface area contributed by atoms with Crippen molar-refractivity contribution in [2.45, 2.75) is 33.2 Å². The van der Waals surface area contributed by atoms with Crippen LogP contribution in [0.2, 0.25) is 0 Å². The fraction of sp³-hybridized carbons (Fsp3) is 0.529. The predicted molar refractivity (Wildman–Crippen MR) is 106 cm³/mol. The molecule has 0 aliphatic heterocycles. The van der Waals surface area contributed by atoms with E-state index in [9.17, 15) is 4.79 Å². The van der Waals surface area contributed by atoms with Crippen LogP contribution in [0.5, 0.6) is 0 Å². The molecule has 1 rings (SSSR count). The fourth-order valence-electron chi connectivity index (χ4n) is 2.04. The number of hydrogen-bond donors (Lipinski definition) is 1. The lowest BCUT2D eigenvalue weighted by Crippen LogP contribution is -2.38. The number of hydrogen-bond acceptors (Lipinski definition) is 3. The number of ether oxygens (including phenoxy) is 1. The van der Waals surface area contributed by atoms with E-state index in [4.69, 9.17) is 4.74 Å². The minimum absolute atomic E-state index is 0. The van der Waals surface area contributed by atoms with Crippen LogP contribution in [0.15, 0.2) is 29.3 Å². The van der Waals surface area contributed by atoms with Gasteiger partial charge in [0.25, 0.3) is 0 Å². The van der Waals surface area contributed by atoms with Crippen LogP contribution in [-0.2, 0) is 11.3 Å². The third kappa shape index (κ3) is 7.67. The molecule has 1 aromatic rings. The number of unbranched alkanes of at least 4 members (excludes halogenated alkanes) is 1. The van der Waals surface area contributed by atoms with Gasteiger partial charge in [0.1, 0.15) is 0 Å². The highest BCUT2D eigenvalue weighted by molar-refractivity contribution is 14.0. The van der Waals surface area contributed by atoms with Crippen molar-refractivity contribution in [3.05, 3.63) is 35.4 Å². The van der Waals surface area contributed by atoms with Gasteiger partial charge in [0.2, 0.25) is 0 Å². The maximum absolute atomic E-state index is 11.6. The molecule has 0 spiro atoms. The normalized spacial score (nSPS) is 10.7. The van der Waals surface area contributed by atoms with Gasteiger partial charge in [-0.05, 0) is 31.0 Å². The number of carbonyl (C=O) groups excluding carboxylic acids is 1. The molecule has 0 radical (unpaired) electrons. The average Bonchev–Trinajstić information content (AvgIpc) is 2.54. The summed E-state index contributed by atoms with van der Waals surface area (Å²) >= 11 is 0. The van der Waals surface area contributed by atoms with Gasteiger partial charge in [0.05, 0.1) is 12.2 Å². The molecule has 0 bridgehead atoms. The molecule has 23 heavy (non-hydrogen) atoms. The maximum Gasteiger partial charge on any atom is 0.338 e. The number of nitrogens with one attached hydrogen (secondary N) is 1. The number of esters is 1. The highest BCUT2D eigenvalue weighted by atomic mass is 127. The lowest BCUT2D eigenvalue weighted by molar-refractivity contribution is 0.0526. The number of halogens is 1. The Morgan fingerprint density at radius 1 is 1.26 bits per heavy atom. The Balaban J connectivity index is 0.00000484. The Labute approximate surface area is 156 Å². The first-order valence-electron chi connectivity index (χ1n) is 7.80. The number of rotatable bonds is 7. The second-order valence-corrected chi connectivity index (χ2v) is 5.09. The Morgan fingerprint density at radius 3 is 2.43 bits per heavy atom. The SMILES string of the molecule is CCCCN(C)C(=NC)NCc1ccc(C(=O)OCC)cc1.I. The quantitative estimate of drug-likeness (QED) is 0.310. The Kier molecular flexibility index (Phi) is 11.5. The molecule has 0 saturated carbocycles. The summed E-state index contributed by atoms with van der Waals surface area (Å²) in [5.41, 5.74) is 1.67. The van der Waals surface area contributed by atoms with Crippen molar-refractivity contribution in [1.82, 2.24) is 10.2 Å². The molecule has 0 saturated heterocycles. The highest BCUT2D eigenvalue weighted by Crippen LogP contribution is 2.06. The molecule has 0 aliphatic carbocycles. The number of nitrogens with zero attached hydrogens (tertiary/aromatic N) is 2. The van der Waals surface area contributed by atoms with Gasteiger partial charge in [-0.3, -0.25) is 4.99 Å². The van der Waals surface area contributed by atoms with Crippen molar-refractivity contribution in [2.75, 3.05) is 27.2 Å². The standard InChI is InChI=1S/C17H27N3O2.HI/c1-5-7-12-20(4)17(18-3)19-13-14-8-10-15(11-9-14)16(21)22-6-2;/h8-11H,5-7,12-13H2,1-4H3,(H,18,19);1H. The van der Waals surface area contributed by atoms with E-state index < -0.39 is 0 Å². The summed E-state index contributed by atoms with van der Waals surface area (Å²) in [4.78, 5) is 18.0. The van der Waals surface area contributed by atoms with E-state index in [2.05, 4.69) is 22.1 Å². The summed E-state index contributed by atoms with van der Waals surface area (Å²) in [5, 5.41) is 3.33. The molecular formula is C17H28IN3O2. The smallest absolute Gasteiger partial charge is 0.338 e. The molecule has 130 valence electrons. The number of carbonyl (C=O) groups is 1. The summed E-state index contributed by atoms with van der Waals surface area (Å²) in [6.45, 7) is 6.03. The second kappa shape index (κ2) is 12.2. The maximum atomic E-state index is 11.6. The van der Waals surface area contributed by atoms with Crippen LogP contribution in [0.3, 0.4) is 0 Å². The van der Waals surface area contributed by atoms with Crippen LogP contribution >= 0.6 is 24.0 Å². The van der Waals surface area contributed by atoms with Crippen LogP contribution in [-0.4, -0.2) is 44.1 Å². The van der Waals surface area contributed by atoms with Gasteiger partial charge in [-0.2, -0.15) is 0 Å².